The summed E-state index contributed by atoms with van der Waals surface area (Å²) in [5.41, 5.74) is 2.50. The van der Waals surface area contributed by atoms with Gasteiger partial charge in [0.15, 0.2) is 0 Å². The Morgan fingerprint density at radius 2 is 1.70 bits per heavy atom. The summed E-state index contributed by atoms with van der Waals surface area (Å²) in [6.45, 7) is 4.29. The molecule has 0 spiro atoms. The molecule has 1 atom stereocenters. The van der Waals surface area contributed by atoms with Gasteiger partial charge in [0.2, 0.25) is 0 Å². The van der Waals surface area contributed by atoms with E-state index in [-0.39, 0.29) is 5.69 Å². The molecule has 20 heavy (non-hydrogen) atoms. The molecule has 1 aromatic carbocycles. The van der Waals surface area contributed by atoms with Crippen LogP contribution in [0.5, 0.6) is 0 Å². The van der Waals surface area contributed by atoms with Crippen molar-refractivity contribution in [1.29, 1.82) is 0 Å². The first-order valence-corrected chi connectivity index (χ1v) is 7.65. The van der Waals surface area contributed by atoms with Crippen LogP contribution in [-0.2, 0) is 14.1 Å². The minimum absolute atomic E-state index is 0.0549. The average molecular weight is 341 g/mol. The lowest BCUT2D eigenvalue weighted by molar-refractivity contribution is 0.158. The Hall–Kier alpha value is -1.07. The molecule has 0 aliphatic heterocycles. The van der Waals surface area contributed by atoms with Crippen molar-refractivity contribution in [3.8, 4) is 0 Å². The molecule has 2 aromatic rings. The van der Waals surface area contributed by atoms with Gasteiger partial charge in [-0.3, -0.25) is 9.13 Å². The van der Waals surface area contributed by atoms with E-state index in [1.54, 1.807) is 23.2 Å². The lowest BCUT2D eigenvalue weighted by Crippen LogP contribution is -2.19. The minimum atomic E-state index is -0.508. The van der Waals surface area contributed by atoms with E-state index in [0.29, 0.717) is 5.92 Å². The van der Waals surface area contributed by atoms with Crippen LogP contribution in [0.4, 0.5) is 0 Å². The Morgan fingerprint density at radius 1 is 1.15 bits per heavy atom. The molecule has 0 bridgehead atoms. The molecule has 1 N–H and O–H groups in total. The van der Waals surface area contributed by atoms with Gasteiger partial charge in [0.25, 0.3) is 0 Å². The summed E-state index contributed by atoms with van der Waals surface area (Å²) >= 11 is 3.51. The first kappa shape index (κ1) is 15.3. The van der Waals surface area contributed by atoms with Crippen molar-refractivity contribution < 1.29 is 5.11 Å². The van der Waals surface area contributed by atoms with Crippen LogP contribution in [0.2, 0.25) is 0 Å². The van der Waals surface area contributed by atoms with Gasteiger partial charge in [-0.25, -0.2) is 4.79 Å². The second-order valence-corrected chi connectivity index (χ2v) is 6.60. The Bertz CT molecular complexity index is 685. The molecular formula is C15H21BrN2O2. The minimum Gasteiger partial charge on any atom is -0.388 e. The van der Waals surface area contributed by atoms with Gasteiger partial charge in [0, 0.05) is 18.6 Å². The number of fused-ring (bicyclic) bond motifs is 1. The molecule has 1 unspecified atom stereocenters. The number of aliphatic hydroxyl groups is 1. The fourth-order valence-electron chi connectivity index (χ4n) is 2.44. The predicted molar refractivity (Wildman–Crippen MR) is 84.9 cm³/mol. The van der Waals surface area contributed by atoms with Crippen LogP contribution < -0.4 is 5.69 Å². The Labute approximate surface area is 127 Å². The SMILES string of the molecule is CC(C)CCC(O)c1cc2c(cc1Br)n(C)c(=O)n2C. The molecule has 1 heterocycles. The zero-order chi connectivity index (χ0) is 15.0. The van der Waals surface area contributed by atoms with E-state index in [4.69, 9.17) is 0 Å². The van der Waals surface area contributed by atoms with E-state index in [1.165, 1.54) is 0 Å². The van der Waals surface area contributed by atoms with Crippen LogP contribution in [-0.4, -0.2) is 14.2 Å². The van der Waals surface area contributed by atoms with E-state index >= 15 is 0 Å². The molecule has 5 heteroatoms. The lowest BCUT2D eigenvalue weighted by Gasteiger charge is -2.14. The highest BCUT2D eigenvalue weighted by atomic mass is 79.9. The topological polar surface area (TPSA) is 47.2 Å². The third-order valence-electron chi connectivity index (χ3n) is 3.77. The van der Waals surface area contributed by atoms with Gasteiger partial charge in [0.1, 0.15) is 0 Å². The second kappa shape index (κ2) is 5.74. The van der Waals surface area contributed by atoms with Gasteiger partial charge in [-0.15, -0.1) is 0 Å². The van der Waals surface area contributed by atoms with Crippen molar-refractivity contribution in [1.82, 2.24) is 9.13 Å². The second-order valence-electron chi connectivity index (χ2n) is 5.75. The van der Waals surface area contributed by atoms with Crippen molar-refractivity contribution >= 4 is 27.0 Å². The lowest BCUT2D eigenvalue weighted by atomic mass is 9.99. The van der Waals surface area contributed by atoms with E-state index < -0.39 is 6.10 Å². The van der Waals surface area contributed by atoms with Gasteiger partial charge in [0.05, 0.1) is 17.1 Å². The summed E-state index contributed by atoms with van der Waals surface area (Å²) in [6, 6.07) is 3.82. The summed E-state index contributed by atoms with van der Waals surface area (Å²) in [4.78, 5) is 11.9. The average Bonchev–Trinajstić information content (AvgIpc) is 2.60. The van der Waals surface area contributed by atoms with E-state index in [1.807, 2.05) is 12.1 Å². The normalized spacial score (nSPS) is 13.3. The Kier molecular flexibility index (Phi) is 4.39. The predicted octanol–water partition coefficient (Wildman–Crippen LogP) is 3.11. The molecule has 0 fully saturated rings. The molecule has 2 rings (SSSR count). The van der Waals surface area contributed by atoms with Crippen LogP contribution >= 0.6 is 15.9 Å². The quantitative estimate of drug-likeness (QED) is 0.929. The molecule has 110 valence electrons. The van der Waals surface area contributed by atoms with Gasteiger partial charge >= 0.3 is 5.69 Å². The molecular weight excluding hydrogens is 320 g/mol. The van der Waals surface area contributed by atoms with Crippen LogP contribution in [0.25, 0.3) is 11.0 Å². The number of aromatic nitrogens is 2. The van der Waals surface area contributed by atoms with Gasteiger partial charge in [-0.1, -0.05) is 29.8 Å². The molecule has 0 aliphatic carbocycles. The number of hydrogen-bond donors (Lipinski definition) is 1. The van der Waals surface area contributed by atoms with Crippen LogP contribution in [0, 0.1) is 5.92 Å². The zero-order valence-electron chi connectivity index (χ0n) is 12.4. The number of benzene rings is 1. The number of halogens is 1. The molecule has 0 saturated carbocycles. The number of nitrogens with zero attached hydrogens (tertiary/aromatic N) is 2. The summed E-state index contributed by atoms with van der Waals surface area (Å²) < 4.78 is 4.08. The summed E-state index contributed by atoms with van der Waals surface area (Å²) in [6.07, 6.45) is 1.19. The Morgan fingerprint density at radius 3 is 2.25 bits per heavy atom. The molecule has 0 aliphatic rings. The maximum absolute atomic E-state index is 11.9. The molecule has 0 radical (unpaired) electrons. The fourth-order valence-corrected chi connectivity index (χ4v) is 3.03. The van der Waals surface area contributed by atoms with E-state index in [2.05, 4.69) is 29.8 Å². The van der Waals surface area contributed by atoms with E-state index in [9.17, 15) is 9.90 Å². The van der Waals surface area contributed by atoms with Gasteiger partial charge < -0.3 is 5.11 Å². The third kappa shape index (κ3) is 2.69. The maximum atomic E-state index is 11.9. The maximum Gasteiger partial charge on any atom is 0.328 e. The number of hydrogen-bond acceptors (Lipinski definition) is 2. The zero-order valence-corrected chi connectivity index (χ0v) is 13.9. The van der Waals surface area contributed by atoms with Gasteiger partial charge in [-0.05, 0) is 36.5 Å². The van der Waals surface area contributed by atoms with Crippen molar-refractivity contribution in [3.63, 3.8) is 0 Å². The highest BCUT2D eigenvalue weighted by molar-refractivity contribution is 9.10. The molecule has 0 amide bonds. The third-order valence-corrected chi connectivity index (χ3v) is 4.45. The highest BCUT2D eigenvalue weighted by Crippen LogP contribution is 2.31. The fraction of sp³-hybridized carbons (Fsp3) is 0.533. The smallest absolute Gasteiger partial charge is 0.328 e. The van der Waals surface area contributed by atoms with Crippen LogP contribution in [0.1, 0.15) is 38.4 Å². The highest BCUT2D eigenvalue weighted by Gasteiger charge is 2.16. The number of aryl methyl sites for hydroxylation is 2. The standard InChI is InChI=1S/C15H21BrN2O2/c1-9(2)5-6-14(19)10-7-12-13(8-11(10)16)18(4)15(20)17(12)3/h7-9,14,19H,5-6H2,1-4H3. The number of imidazole rings is 1. The summed E-state index contributed by atoms with van der Waals surface area (Å²) in [5, 5.41) is 10.4. The molecule has 1 aromatic heterocycles. The van der Waals surface area contributed by atoms with Crippen LogP contribution in [0.3, 0.4) is 0 Å². The van der Waals surface area contributed by atoms with Gasteiger partial charge in [-0.2, -0.15) is 0 Å². The molecule has 0 saturated heterocycles. The first-order valence-electron chi connectivity index (χ1n) is 6.85. The van der Waals surface area contributed by atoms with Crippen LogP contribution in [0.15, 0.2) is 21.4 Å². The summed E-state index contributed by atoms with van der Waals surface area (Å²) in [5.74, 6) is 0.563. The van der Waals surface area contributed by atoms with Crippen molar-refractivity contribution in [2.45, 2.75) is 32.8 Å². The Balaban J connectivity index is 2.47. The summed E-state index contributed by atoms with van der Waals surface area (Å²) in [7, 11) is 3.51. The number of aliphatic hydroxyl groups excluding tert-OH is 1. The number of rotatable bonds is 4. The monoisotopic (exact) mass is 340 g/mol. The van der Waals surface area contributed by atoms with Crippen molar-refractivity contribution in [2.24, 2.45) is 20.0 Å². The van der Waals surface area contributed by atoms with E-state index in [0.717, 1.165) is 33.9 Å². The van der Waals surface area contributed by atoms with Crippen molar-refractivity contribution in [2.75, 3.05) is 0 Å². The largest absolute Gasteiger partial charge is 0.388 e. The van der Waals surface area contributed by atoms with Crippen molar-refractivity contribution in [3.05, 3.63) is 32.7 Å². The molecule has 4 nitrogen and oxygen atoms in total. The first-order chi connectivity index (χ1) is 9.32.